The Morgan fingerprint density at radius 1 is 0.850 bits per heavy atom. The summed E-state index contributed by atoms with van der Waals surface area (Å²) in [5, 5.41) is 15.1. The fraction of sp³-hybridized carbons (Fsp3) is 0.444. The zero-order chi connectivity index (χ0) is 14.4. The molecule has 0 aliphatic rings. The van der Waals surface area contributed by atoms with E-state index in [1.54, 1.807) is 0 Å². The molecule has 0 aromatic heterocycles. The summed E-state index contributed by atoms with van der Waals surface area (Å²) >= 11 is 0. The molecule has 0 spiro atoms. The first-order valence-electron chi connectivity index (χ1n) is 6.86. The fourth-order valence-electron chi connectivity index (χ4n) is 2.63. The first-order chi connectivity index (χ1) is 8.62. The molecule has 2 heteroatoms. The molecule has 0 unspecified atom stereocenters. The average Bonchev–Trinajstić information content (AvgIpc) is 2.24. The quantitative estimate of drug-likeness (QED) is 0.660. The van der Waals surface area contributed by atoms with Crippen LogP contribution in [-0.4, -0.2) is 0 Å². The summed E-state index contributed by atoms with van der Waals surface area (Å²) in [7, 11) is 0. The summed E-state index contributed by atoms with van der Waals surface area (Å²) in [6.45, 7) is 12.6. The predicted molar refractivity (Wildman–Crippen MR) is 80.8 cm³/mol. The van der Waals surface area contributed by atoms with Crippen molar-refractivity contribution in [3.8, 4) is 5.75 Å². The van der Waals surface area contributed by atoms with Crippen LogP contribution in [0.25, 0.3) is 10.8 Å². The number of rotatable bonds is 0. The maximum atomic E-state index is 12.9. The van der Waals surface area contributed by atoms with Crippen LogP contribution in [0.3, 0.4) is 0 Å². The maximum Gasteiger partial charge on any atom is 1.00 e. The van der Waals surface area contributed by atoms with Gasteiger partial charge < -0.3 is 5.11 Å². The van der Waals surface area contributed by atoms with Crippen molar-refractivity contribution in [1.29, 1.82) is 0 Å². The summed E-state index contributed by atoms with van der Waals surface area (Å²) in [4.78, 5) is 0. The molecule has 20 heavy (non-hydrogen) atoms. The molecule has 0 saturated heterocycles. The summed E-state index contributed by atoms with van der Waals surface area (Å²) in [6, 6.07) is 10.3. The van der Waals surface area contributed by atoms with E-state index < -0.39 is 0 Å². The molecule has 0 aliphatic heterocycles. The Morgan fingerprint density at radius 3 is 1.90 bits per heavy atom. The van der Waals surface area contributed by atoms with E-state index in [9.17, 15) is 5.11 Å². The monoisotopic (exact) mass is 262 g/mol. The second-order valence-electron chi connectivity index (χ2n) is 7.35. The van der Waals surface area contributed by atoms with Crippen molar-refractivity contribution in [2.45, 2.75) is 52.4 Å². The minimum atomic E-state index is -0.141. The van der Waals surface area contributed by atoms with Gasteiger partial charge in [0.05, 0.1) is 0 Å². The van der Waals surface area contributed by atoms with E-state index in [1.165, 1.54) is 0 Å². The van der Waals surface area contributed by atoms with E-state index in [4.69, 9.17) is 0 Å². The molecule has 0 amide bonds. The molecule has 0 heterocycles. The van der Waals surface area contributed by atoms with Crippen LogP contribution in [-0.2, 0) is 10.8 Å². The molecule has 102 valence electrons. The molecular formula is C18H23LiO. The number of benzene rings is 2. The van der Waals surface area contributed by atoms with Gasteiger partial charge in [-0.05, 0) is 32.7 Å². The van der Waals surface area contributed by atoms with Crippen LogP contribution in [0.1, 0.15) is 52.7 Å². The van der Waals surface area contributed by atoms with Crippen molar-refractivity contribution in [2.75, 3.05) is 0 Å². The molecule has 2 aromatic rings. The van der Waals surface area contributed by atoms with Crippen molar-refractivity contribution >= 4 is 10.8 Å². The van der Waals surface area contributed by atoms with Crippen molar-refractivity contribution in [2.24, 2.45) is 0 Å². The Balaban J connectivity index is 0.00000200. The predicted octanol–water partition coefficient (Wildman–Crippen LogP) is 1.51. The second kappa shape index (κ2) is 5.47. The van der Waals surface area contributed by atoms with Gasteiger partial charge in [-0.1, -0.05) is 71.9 Å². The molecule has 0 saturated carbocycles. The average molecular weight is 262 g/mol. The van der Waals surface area contributed by atoms with Gasteiger partial charge in [-0.3, -0.25) is 0 Å². The smallest absolute Gasteiger partial charge is 0.872 e. The second-order valence-corrected chi connectivity index (χ2v) is 7.35. The van der Waals surface area contributed by atoms with E-state index >= 15 is 0 Å². The van der Waals surface area contributed by atoms with Gasteiger partial charge in [0.25, 0.3) is 0 Å². The third-order valence-corrected chi connectivity index (χ3v) is 3.56. The molecule has 0 radical (unpaired) electrons. The fourth-order valence-corrected chi connectivity index (χ4v) is 2.63. The molecule has 0 aliphatic carbocycles. The largest absolute Gasteiger partial charge is 1.00 e. The zero-order valence-corrected chi connectivity index (χ0v) is 13.8. The molecule has 1 nitrogen and oxygen atoms in total. The number of hydrogen-bond donors (Lipinski definition) is 0. The summed E-state index contributed by atoms with van der Waals surface area (Å²) in [5.74, 6) is 0.207. The van der Waals surface area contributed by atoms with Crippen molar-refractivity contribution < 1.29 is 24.0 Å². The Hall–Kier alpha value is -0.903. The minimum absolute atomic E-state index is 0. The third-order valence-electron chi connectivity index (χ3n) is 3.56. The van der Waals surface area contributed by atoms with Crippen LogP contribution in [0.15, 0.2) is 30.3 Å². The number of hydrogen-bond acceptors (Lipinski definition) is 1. The van der Waals surface area contributed by atoms with Gasteiger partial charge in [0, 0.05) is 0 Å². The van der Waals surface area contributed by atoms with E-state index in [2.05, 4.69) is 59.7 Å². The Labute approximate surface area is 134 Å². The summed E-state index contributed by atoms with van der Waals surface area (Å²) in [6.07, 6.45) is 0. The summed E-state index contributed by atoms with van der Waals surface area (Å²) in [5.41, 5.74) is 1.59. The van der Waals surface area contributed by atoms with Gasteiger partial charge in [0.1, 0.15) is 0 Å². The first-order valence-corrected chi connectivity index (χ1v) is 6.86. The van der Waals surface area contributed by atoms with Crippen LogP contribution in [0.4, 0.5) is 0 Å². The van der Waals surface area contributed by atoms with Crippen LogP contribution >= 0.6 is 0 Å². The topological polar surface area (TPSA) is 23.1 Å². The van der Waals surface area contributed by atoms with E-state index in [-0.39, 0.29) is 35.4 Å². The zero-order valence-electron chi connectivity index (χ0n) is 13.8. The van der Waals surface area contributed by atoms with Gasteiger partial charge in [-0.2, -0.15) is 0 Å². The molecular weight excluding hydrogens is 239 g/mol. The molecule has 2 aromatic carbocycles. The third kappa shape index (κ3) is 3.05. The Bertz CT molecular complexity index is 616. The van der Waals surface area contributed by atoms with Crippen LogP contribution < -0.4 is 24.0 Å². The molecule has 2 rings (SSSR count). The van der Waals surface area contributed by atoms with Gasteiger partial charge in [0.2, 0.25) is 0 Å². The van der Waals surface area contributed by atoms with E-state index in [0.29, 0.717) is 0 Å². The van der Waals surface area contributed by atoms with Crippen molar-refractivity contribution in [3.63, 3.8) is 0 Å². The standard InChI is InChI=1S/C18H24O.Li/c1-17(2,3)14-11-12-9-7-8-10-13(12)15(16(14)19)18(4,5)6;/h7-11,19H,1-6H3;/q;+1/p-1. The normalized spacial score (nSPS) is 12.3. The SMILES string of the molecule is CC(C)(C)c1cc2ccccc2c(C(C)(C)C)c1[O-].[Li+]. The van der Waals surface area contributed by atoms with Crippen LogP contribution in [0.2, 0.25) is 0 Å². The summed E-state index contributed by atoms with van der Waals surface area (Å²) < 4.78 is 0. The molecule has 0 bridgehead atoms. The van der Waals surface area contributed by atoms with Crippen molar-refractivity contribution in [1.82, 2.24) is 0 Å². The van der Waals surface area contributed by atoms with Crippen LogP contribution in [0, 0.1) is 0 Å². The number of fused-ring (bicyclic) bond motifs is 1. The van der Waals surface area contributed by atoms with E-state index in [1.807, 2.05) is 12.1 Å². The minimum Gasteiger partial charge on any atom is -0.872 e. The Kier molecular flexibility index (Phi) is 4.69. The molecule has 0 atom stereocenters. The first kappa shape index (κ1) is 17.1. The Morgan fingerprint density at radius 2 is 1.40 bits per heavy atom. The van der Waals surface area contributed by atoms with Gasteiger partial charge in [0.15, 0.2) is 0 Å². The molecule has 0 N–H and O–H groups in total. The van der Waals surface area contributed by atoms with Gasteiger partial charge >= 0.3 is 18.9 Å². The van der Waals surface area contributed by atoms with Crippen molar-refractivity contribution in [3.05, 3.63) is 41.5 Å². The van der Waals surface area contributed by atoms with Crippen LogP contribution in [0.5, 0.6) is 5.75 Å². The van der Waals surface area contributed by atoms with Gasteiger partial charge in [-0.15, -0.1) is 5.75 Å². The maximum absolute atomic E-state index is 12.9. The van der Waals surface area contributed by atoms with E-state index in [0.717, 1.165) is 21.9 Å². The molecule has 0 fully saturated rings. The van der Waals surface area contributed by atoms with Gasteiger partial charge in [-0.25, -0.2) is 0 Å².